The number of nitrogens with zero attached hydrogens (tertiary/aromatic N) is 3. The first-order valence-electron chi connectivity index (χ1n) is 5.24. The van der Waals surface area contributed by atoms with E-state index >= 15 is 0 Å². The summed E-state index contributed by atoms with van der Waals surface area (Å²) in [6.07, 6.45) is 4.97. The molecule has 3 rings (SSSR count). The highest BCUT2D eigenvalue weighted by Gasteiger charge is 2.58. The Bertz CT molecular complexity index is 504. The van der Waals surface area contributed by atoms with Crippen LogP contribution in [-0.2, 0) is 4.79 Å². The number of pyridine rings is 1. The Balaban J connectivity index is 2.01. The molecule has 5 nitrogen and oxygen atoms in total. The van der Waals surface area contributed by atoms with Crippen LogP contribution in [0, 0.1) is 5.41 Å². The quantitative estimate of drug-likeness (QED) is 0.765. The van der Waals surface area contributed by atoms with Gasteiger partial charge >= 0.3 is 0 Å². The molecule has 5 heteroatoms. The molecule has 0 bridgehead atoms. The summed E-state index contributed by atoms with van der Waals surface area (Å²) < 4.78 is 0. The van der Waals surface area contributed by atoms with Crippen LogP contribution in [0.25, 0.3) is 0 Å². The SMILES string of the molecule is CC1=NN(c2cncc(N)c2)C(=O)C12CC2. The molecule has 1 spiro atoms. The number of hydrogen-bond acceptors (Lipinski definition) is 4. The fraction of sp³-hybridized carbons (Fsp3) is 0.364. The van der Waals surface area contributed by atoms with Crippen LogP contribution in [0.15, 0.2) is 23.6 Å². The molecule has 1 fully saturated rings. The van der Waals surface area contributed by atoms with Crippen LogP contribution in [-0.4, -0.2) is 16.6 Å². The summed E-state index contributed by atoms with van der Waals surface area (Å²) in [6, 6.07) is 1.71. The zero-order valence-corrected chi connectivity index (χ0v) is 8.97. The molecule has 0 saturated heterocycles. The average Bonchev–Trinajstić information content (AvgIpc) is 3.01. The molecule has 0 aromatic carbocycles. The Kier molecular flexibility index (Phi) is 1.64. The predicted octanol–water partition coefficient (Wildman–Crippen LogP) is 1.17. The first kappa shape index (κ1) is 9.33. The Morgan fingerprint density at radius 2 is 2.19 bits per heavy atom. The normalized spacial score (nSPS) is 21.4. The van der Waals surface area contributed by atoms with Gasteiger partial charge in [-0.05, 0) is 25.8 Å². The summed E-state index contributed by atoms with van der Waals surface area (Å²) in [5.74, 6) is 0.0531. The average molecular weight is 216 g/mol. The second kappa shape index (κ2) is 2.81. The van der Waals surface area contributed by atoms with E-state index in [0.29, 0.717) is 11.4 Å². The van der Waals surface area contributed by atoms with Crippen molar-refractivity contribution in [2.45, 2.75) is 19.8 Å². The van der Waals surface area contributed by atoms with Crippen molar-refractivity contribution in [2.24, 2.45) is 10.5 Å². The summed E-state index contributed by atoms with van der Waals surface area (Å²) in [4.78, 5) is 16.1. The standard InChI is InChI=1S/C11H12N4O/c1-7-11(2-3-11)10(16)15(14-7)9-4-8(12)5-13-6-9/h4-6H,2-3,12H2,1H3. The molecule has 1 saturated carbocycles. The number of rotatable bonds is 1. The van der Waals surface area contributed by atoms with Crippen molar-refractivity contribution in [3.8, 4) is 0 Å². The van der Waals surface area contributed by atoms with Gasteiger partial charge in [0.25, 0.3) is 5.91 Å². The predicted molar refractivity (Wildman–Crippen MR) is 60.9 cm³/mol. The third-order valence-corrected chi connectivity index (χ3v) is 3.28. The Hall–Kier alpha value is -1.91. The van der Waals surface area contributed by atoms with E-state index in [1.807, 2.05) is 6.92 Å². The highest BCUT2D eigenvalue weighted by atomic mass is 16.2. The van der Waals surface area contributed by atoms with Gasteiger partial charge in [-0.1, -0.05) is 0 Å². The van der Waals surface area contributed by atoms with Crippen molar-refractivity contribution in [1.82, 2.24) is 4.98 Å². The lowest BCUT2D eigenvalue weighted by molar-refractivity contribution is -0.120. The van der Waals surface area contributed by atoms with Crippen LogP contribution in [0.4, 0.5) is 11.4 Å². The lowest BCUT2D eigenvalue weighted by Gasteiger charge is -2.13. The number of hydrogen-bond donors (Lipinski definition) is 1. The van der Waals surface area contributed by atoms with Crippen molar-refractivity contribution in [1.29, 1.82) is 0 Å². The summed E-state index contributed by atoms with van der Waals surface area (Å²) in [6.45, 7) is 1.91. The number of amides is 1. The van der Waals surface area contributed by atoms with Crippen molar-refractivity contribution in [3.05, 3.63) is 18.5 Å². The van der Waals surface area contributed by atoms with Crippen molar-refractivity contribution < 1.29 is 4.79 Å². The van der Waals surface area contributed by atoms with E-state index < -0.39 is 0 Å². The summed E-state index contributed by atoms with van der Waals surface area (Å²) >= 11 is 0. The van der Waals surface area contributed by atoms with E-state index in [4.69, 9.17) is 5.73 Å². The highest BCUT2D eigenvalue weighted by Crippen LogP contribution is 2.52. The van der Waals surface area contributed by atoms with Gasteiger partial charge in [0, 0.05) is 6.20 Å². The fourth-order valence-corrected chi connectivity index (χ4v) is 2.09. The number of carbonyl (C=O) groups is 1. The van der Waals surface area contributed by atoms with Gasteiger partial charge < -0.3 is 5.73 Å². The maximum atomic E-state index is 12.2. The van der Waals surface area contributed by atoms with E-state index in [1.165, 1.54) is 5.01 Å². The second-order valence-corrected chi connectivity index (χ2v) is 4.36. The van der Waals surface area contributed by atoms with E-state index in [-0.39, 0.29) is 11.3 Å². The Morgan fingerprint density at radius 3 is 2.75 bits per heavy atom. The molecule has 0 atom stereocenters. The molecular formula is C11H12N4O. The smallest absolute Gasteiger partial charge is 0.259 e. The third-order valence-electron chi connectivity index (χ3n) is 3.28. The molecule has 2 heterocycles. The van der Waals surface area contributed by atoms with E-state index in [1.54, 1.807) is 18.5 Å². The van der Waals surface area contributed by atoms with Crippen molar-refractivity contribution in [2.75, 3.05) is 10.7 Å². The number of carbonyl (C=O) groups excluding carboxylic acids is 1. The van der Waals surface area contributed by atoms with Crippen LogP contribution in [0.3, 0.4) is 0 Å². The van der Waals surface area contributed by atoms with Crippen LogP contribution in [0.1, 0.15) is 19.8 Å². The van der Waals surface area contributed by atoms with Crippen LogP contribution in [0.2, 0.25) is 0 Å². The topological polar surface area (TPSA) is 71.6 Å². The zero-order chi connectivity index (χ0) is 11.3. The number of nitrogen functional groups attached to an aromatic ring is 1. The molecular weight excluding hydrogens is 204 g/mol. The van der Waals surface area contributed by atoms with Gasteiger partial charge in [0.15, 0.2) is 0 Å². The fourth-order valence-electron chi connectivity index (χ4n) is 2.09. The van der Waals surface area contributed by atoms with Gasteiger partial charge in [-0.3, -0.25) is 9.78 Å². The van der Waals surface area contributed by atoms with Crippen molar-refractivity contribution >= 4 is 23.0 Å². The van der Waals surface area contributed by atoms with Gasteiger partial charge in [-0.15, -0.1) is 0 Å². The van der Waals surface area contributed by atoms with Crippen LogP contribution >= 0.6 is 0 Å². The van der Waals surface area contributed by atoms with Gasteiger partial charge in [0.05, 0.1) is 28.7 Å². The molecule has 2 N–H and O–H groups in total. The Labute approximate surface area is 93.0 Å². The number of aromatic nitrogens is 1. The molecule has 1 amide bonds. The molecule has 0 unspecified atom stereocenters. The van der Waals surface area contributed by atoms with E-state index in [9.17, 15) is 4.79 Å². The van der Waals surface area contributed by atoms with Gasteiger partial charge in [-0.25, -0.2) is 0 Å². The zero-order valence-electron chi connectivity index (χ0n) is 8.97. The van der Waals surface area contributed by atoms with Crippen LogP contribution < -0.4 is 10.7 Å². The molecule has 1 aromatic rings. The van der Waals surface area contributed by atoms with Gasteiger partial charge in [0.1, 0.15) is 0 Å². The second-order valence-electron chi connectivity index (χ2n) is 4.36. The number of anilines is 2. The first-order valence-corrected chi connectivity index (χ1v) is 5.24. The minimum Gasteiger partial charge on any atom is -0.397 e. The maximum Gasteiger partial charge on any atom is 0.259 e. The lowest BCUT2D eigenvalue weighted by atomic mass is 10.0. The highest BCUT2D eigenvalue weighted by molar-refractivity contribution is 6.20. The number of hydrazone groups is 1. The molecule has 16 heavy (non-hydrogen) atoms. The molecule has 1 aromatic heterocycles. The van der Waals surface area contributed by atoms with Crippen molar-refractivity contribution in [3.63, 3.8) is 0 Å². The van der Waals surface area contributed by atoms with Gasteiger partial charge in [-0.2, -0.15) is 10.1 Å². The minimum absolute atomic E-state index is 0.0531. The number of nitrogens with two attached hydrogens (primary N) is 1. The first-order chi connectivity index (χ1) is 7.63. The molecule has 0 radical (unpaired) electrons. The largest absolute Gasteiger partial charge is 0.397 e. The summed E-state index contributed by atoms with van der Waals surface area (Å²) in [5.41, 5.74) is 7.43. The summed E-state index contributed by atoms with van der Waals surface area (Å²) in [7, 11) is 0. The molecule has 82 valence electrons. The summed E-state index contributed by atoms with van der Waals surface area (Å²) in [5, 5.41) is 5.72. The van der Waals surface area contributed by atoms with Gasteiger partial charge in [0.2, 0.25) is 0 Å². The van der Waals surface area contributed by atoms with E-state index in [2.05, 4.69) is 10.1 Å². The molecule has 2 aliphatic rings. The molecule has 1 aliphatic heterocycles. The van der Waals surface area contributed by atoms with Crippen LogP contribution in [0.5, 0.6) is 0 Å². The Morgan fingerprint density at radius 1 is 1.44 bits per heavy atom. The van der Waals surface area contributed by atoms with E-state index in [0.717, 1.165) is 18.6 Å². The lowest BCUT2D eigenvalue weighted by Crippen LogP contribution is -2.28. The maximum absolute atomic E-state index is 12.2. The minimum atomic E-state index is -0.301. The monoisotopic (exact) mass is 216 g/mol. The molecule has 1 aliphatic carbocycles. The third kappa shape index (κ3) is 1.08.